The lowest BCUT2D eigenvalue weighted by atomic mass is 10.00. The largest absolute Gasteiger partial charge is 0.352 e. The van der Waals surface area contributed by atoms with Gasteiger partial charge in [-0.15, -0.1) is 12.4 Å². The molecule has 1 amide bonds. The fraction of sp³-hybridized carbons (Fsp3) is 0.917. The van der Waals surface area contributed by atoms with Crippen LogP contribution in [0.1, 0.15) is 33.1 Å². The van der Waals surface area contributed by atoms with Crippen molar-refractivity contribution in [2.45, 2.75) is 39.2 Å². The number of rotatable bonds is 5. The summed E-state index contributed by atoms with van der Waals surface area (Å²) in [5, 5.41) is 2.98. The van der Waals surface area contributed by atoms with Crippen molar-refractivity contribution in [1.82, 2.24) is 10.2 Å². The van der Waals surface area contributed by atoms with Crippen LogP contribution in [0.15, 0.2) is 0 Å². The third-order valence-corrected chi connectivity index (χ3v) is 3.05. The Morgan fingerprint density at radius 3 is 2.88 bits per heavy atom. The quantitative estimate of drug-likeness (QED) is 0.778. The zero-order valence-corrected chi connectivity index (χ0v) is 11.8. The van der Waals surface area contributed by atoms with Crippen LogP contribution in [-0.2, 0) is 4.79 Å². The number of hydrogen-bond acceptors (Lipinski definition) is 3. The molecule has 1 aliphatic rings. The second-order valence-corrected chi connectivity index (χ2v) is 5.01. The number of likely N-dealkylation sites (tertiary alicyclic amines) is 1. The van der Waals surface area contributed by atoms with Gasteiger partial charge in [0.25, 0.3) is 0 Å². The highest BCUT2D eigenvalue weighted by Crippen LogP contribution is 2.15. The van der Waals surface area contributed by atoms with Crippen molar-refractivity contribution >= 4 is 18.3 Å². The van der Waals surface area contributed by atoms with Crippen LogP contribution in [-0.4, -0.2) is 43.0 Å². The maximum Gasteiger partial charge on any atom is 0.221 e. The van der Waals surface area contributed by atoms with Gasteiger partial charge in [-0.05, 0) is 32.2 Å². The lowest BCUT2D eigenvalue weighted by molar-refractivity contribution is -0.121. The summed E-state index contributed by atoms with van der Waals surface area (Å²) < 4.78 is 0. The highest BCUT2D eigenvalue weighted by Gasteiger charge is 2.18. The number of halogens is 1. The Morgan fingerprint density at radius 2 is 2.29 bits per heavy atom. The number of hydrogen-bond donors (Lipinski definition) is 2. The summed E-state index contributed by atoms with van der Waals surface area (Å²) in [7, 11) is 0. The predicted octanol–water partition coefficient (Wildman–Crippen LogP) is 0.994. The topological polar surface area (TPSA) is 58.4 Å². The van der Waals surface area contributed by atoms with E-state index in [9.17, 15) is 4.79 Å². The number of carbonyl (C=O) groups is 1. The Hall–Kier alpha value is -0.320. The van der Waals surface area contributed by atoms with Crippen molar-refractivity contribution in [2.24, 2.45) is 11.7 Å². The molecule has 0 bridgehead atoms. The molecule has 0 aromatic carbocycles. The van der Waals surface area contributed by atoms with Gasteiger partial charge in [-0.3, -0.25) is 4.79 Å². The number of piperidine rings is 1. The molecule has 5 heteroatoms. The van der Waals surface area contributed by atoms with E-state index in [1.165, 1.54) is 19.4 Å². The Labute approximate surface area is 111 Å². The van der Waals surface area contributed by atoms with E-state index in [4.69, 9.17) is 5.73 Å². The van der Waals surface area contributed by atoms with Crippen LogP contribution in [0.3, 0.4) is 0 Å². The molecular weight excluding hydrogens is 238 g/mol. The maximum atomic E-state index is 11.3. The molecule has 0 aliphatic carbocycles. The fourth-order valence-electron chi connectivity index (χ4n) is 2.36. The molecule has 1 saturated heterocycles. The SMILES string of the molecule is CC1CCCN(CC(C)NC(=O)CCN)C1.Cl. The summed E-state index contributed by atoms with van der Waals surface area (Å²) in [5.41, 5.74) is 5.34. The number of amides is 1. The second kappa shape index (κ2) is 8.72. The van der Waals surface area contributed by atoms with E-state index in [1.54, 1.807) is 0 Å². The lowest BCUT2D eigenvalue weighted by Gasteiger charge is -2.32. The summed E-state index contributed by atoms with van der Waals surface area (Å²) in [6.45, 7) is 8.08. The van der Waals surface area contributed by atoms with Crippen LogP contribution >= 0.6 is 12.4 Å². The van der Waals surface area contributed by atoms with E-state index in [2.05, 4.69) is 24.1 Å². The second-order valence-electron chi connectivity index (χ2n) is 5.01. The highest BCUT2D eigenvalue weighted by atomic mass is 35.5. The molecule has 102 valence electrons. The van der Waals surface area contributed by atoms with Gasteiger partial charge in [0.1, 0.15) is 0 Å². The summed E-state index contributed by atoms with van der Waals surface area (Å²) in [5.74, 6) is 0.862. The molecule has 1 fully saturated rings. The van der Waals surface area contributed by atoms with Crippen LogP contribution in [0.5, 0.6) is 0 Å². The molecular formula is C12H26ClN3O. The van der Waals surface area contributed by atoms with E-state index >= 15 is 0 Å². The van der Waals surface area contributed by atoms with E-state index in [0.717, 1.165) is 19.0 Å². The minimum atomic E-state index is 0. The van der Waals surface area contributed by atoms with Gasteiger partial charge in [0.05, 0.1) is 0 Å². The molecule has 2 atom stereocenters. The van der Waals surface area contributed by atoms with Crippen LogP contribution in [0.2, 0.25) is 0 Å². The van der Waals surface area contributed by atoms with Gasteiger partial charge in [0, 0.05) is 32.1 Å². The molecule has 0 radical (unpaired) electrons. The molecule has 4 nitrogen and oxygen atoms in total. The first-order valence-corrected chi connectivity index (χ1v) is 6.33. The zero-order chi connectivity index (χ0) is 12.0. The molecule has 1 rings (SSSR count). The minimum Gasteiger partial charge on any atom is -0.352 e. The van der Waals surface area contributed by atoms with Gasteiger partial charge >= 0.3 is 0 Å². The molecule has 1 heterocycles. The van der Waals surface area contributed by atoms with Gasteiger partial charge in [0.15, 0.2) is 0 Å². The van der Waals surface area contributed by atoms with Gasteiger partial charge in [0.2, 0.25) is 5.91 Å². The third-order valence-electron chi connectivity index (χ3n) is 3.05. The van der Waals surface area contributed by atoms with Crippen molar-refractivity contribution in [3.8, 4) is 0 Å². The van der Waals surface area contributed by atoms with Gasteiger partial charge in [-0.2, -0.15) is 0 Å². The summed E-state index contributed by atoms with van der Waals surface area (Å²) in [6, 6.07) is 0.226. The Kier molecular flexibility index (Phi) is 8.56. The molecule has 0 aromatic heterocycles. The minimum absolute atomic E-state index is 0. The normalized spacial score (nSPS) is 22.6. The summed E-state index contributed by atoms with van der Waals surface area (Å²) >= 11 is 0. The number of nitrogens with two attached hydrogens (primary N) is 1. The number of carbonyl (C=O) groups excluding carboxylic acids is 1. The average Bonchev–Trinajstić information content (AvgIpc) is 2.17. The first-order valence-electron chi connectivity index (χ1n) is 6.33. The summed E-state index contributed by atoms with van der Waals surface area (Å²) in [6.07, 6.45) is 3.05. The molecule has 0 aromatic rings. The molecule has 2 unspecified atom stereocenters. The number of nitrogens with zero attached hydrogens (tertiary/aromatic N) is 1. The standard InChI is InChI=1S/C12H25N3O.ClH/c1-10-4-3-7-15(8-10)9-11(2)14-12(16)5-6-13;/h10-11H,3-9,13H2,1-2H3,(H,14,16);1H. The fourth-order valence-corrected chi connectivity index (χ4v) is 2.36. The van der Waals surface area contributed by atoms with Crippen molar-refractivity contribution in [2.75, 3.05) is 26.2 Å². The van der Waals surface area contributed by atoms with Crippen molar-refractivity contribution in [1.29, 1.82) is 0 Å². The van der Waals surface area contributed by atoms with Crippen LogP contribution < -0.4 is 11.1 Å². The molecule has 3 N–H and O–H groups in total. The Morgan fingerprint density at radius 1 is 1.59 bits per heavy atom. The van der Waals surface area contributed by atoms with E-state index in [1.807, 2.05) is 0 Å². The average molecular weight is 264 g/mol. The van der Waals surface area contributed by atoms with Crippen molar-refractivity contribution in [3.63, 3.8) is 0 Å². The van der Waals surface area contributed by atoms with Crippen molar-refractivity contribution in [3.05, 3.63) is 0 Å². The van der Waals surface area contributed by atoms with E-state index in [0.29, 0.717) is 13.0 Å². The van der Waals surface area contributed by atoms with Gasteiger partial charge in [-0.1, -0.05) is 6.92 Å². The lowest BCUT2D eigenvalue weighted by Crippen LogP contribution is -2.45. The van der Waals surface area contributed by atoms with Crippen LogP contribution in [0, 0.1) is 5.92 Å². The van der Waals surface area contributed by atoms with Crippen LogP contribution in [0.25, 0.3) is 0 Å². The molecule has 0 spiro atoms. The Bertz CT molecular complexity index is 226. The van der Waals surface area contributed by atoms with Gasteiger partial charge in [-0.25, -0.2) is 0 Å². The zero-order valence-electron chi connectivity index (χ0n) is 10.9. The summed E-state index contributed by atoms with van der Waals surface area (Å²) in [4.78, 5) is 13.8. The maximum absolute atomic E-state index is 11.3. The molecule has 1 aliphatic heterocycles. The van der Waals surface area contributed by atoms with E-state index in [-0.39, 0.29) is 24.4 Å². The molecule has 17 heavy (non-hydrogen) atoms. The first kappa shape index (κ1) is 16.7. The Balaban J connectivity index is 0.00000256. The highest BCUT2D eigenvalue weighted by molar-refractivity contribution is 5.85. The van der Waals surface area contributed by atoms with Crippen LogP contribution in [0.4, 0.5) is 0 Å². The molecule has 0 saturated carbocycles. The first-order chi connectivity index (χ1) is 7.61. The van der Waals surface area contributed by atoms with E-state index < -0.39 is 0 Å². The smallest absolute Gasteiger partial charge is 0.221 e. The predicted molar refractivity (Wildman–Crippen MR) is 73.4 cm³/mol. The van der Waals surface area contributed by atoms with Crippen molar-refractivity contribution < 1.29 is 4.79 Å². The van der Waals surface area contributed by atoms with Gasteiger partial charge < -0.3 is 16.0 Å². The number of nitrogens with one attached hydrogen (secondary N) is 1. The third kappa shape index (κ3) is 6.86. The monoisotopic (exact) mass is 263 g/mol.